The van der Waals surface area contributed by atoms with Crippen LogP contribution >= 0.6 is 0 Å². The average Bonchev–Trinajstić information content (AvgIpc) is 2.26. The number of allylic oxidation sites excluding steroid dienone is 2. The van der Waals surface area contributed by atoms with Gasteiger partial charge in [-0.25, -0.2) is 4.79 Å². The van der Waals surface area contributed by atoms with Crippen LogP contribution in [0, 0.1) is 11.3 Å². The predicted molar refractivity (Wildman–Crippen MR) is 63.6 cm³/mol. The molecule has 0 heterocycles. The minimum Gasteiger partial charge on any atom is -0.481 e. The molecule has 0 saturated carbocycles. The summed E-state index contributed by atoms with van der Waals surface area (Å²) < 4.78 is 0. The van der Waals surface area contributed by atoms with Crippen molar-refractivity contribution in [2.45, 2.75) is 33.1 Å². The van der Waals surface area contributed by atoms with E-state index in [9.17, 15) is 14.7 Å². The van der Waals surface area contributed by atoms with E-state index in [1.807, 2.05) is 6.92 Å². The molecule has 0 saturated heterocycles. The van der Waals surface area contributed by atoms with Gasteiger partial charge in [-0.15, -0.1) is 0 Å². The maximum absolute atomic E-state index is 11.3. The lowest BCUT2D eigenvalue weighted by atomic mass is 9.68. The van der Waals surface area contributed by atoms with E-state index in [1.54, 1.807) is 13.0 Å². The van der Waals surface area contributed by atoms with Crippen LogP contribution in [-0.2, 0) is 9.59 Å². The van der Waals surface area contributed by atoms with Crippen molar-refractivity contribution in [3.8, 4) is 0 Å². The molecule has 0 spiro atoms. The SMILES string of the molecule is CCCCC1C(C(=O)O)=CC=CC1(C)C(=O)O. The second kappa shape index (κ2) is 5.17. The maximum atomic E-state index is 11.3. The Morgan fingerprint density at radius 3 is 2.53 bits per heavy atom. The van der Waals surface area contributed by atoms with Crippen LogP contribution in [-0.4, -0.2) is 22.2 Å². The van der Waals surface area contributed by atoms with E-state index in [0.717, 1.165) is 12.8 Å². The third-order valence-electron chi connectivity index (χ3n) is 3.37. The first-order chi connectivity index (χ1) is 7.93. The molecule has 4 nitrogen and oxygen atoms in total. The highest BCUT2D eigenvalue weighted by atomic mass is 16.4. The third-order valence-corrected chi connectivity index (χ3v) is 3.37. The summed E-state index contributed by atoms with van der Waals surface area (Å²) >= 11 is 0. The van der Waals surface area contributed by atoms with Crippen LogP contribution < -0.4 is 0 Å². The second-order valence-electron chi connectivity index (χ2n) is 4.57. The smallest absolute Gasteiger partial charge is 0.331 e. The molecule has 0 aliphatic heterocycles. The van der Waals surface area contributed by atoms with Crippen LogP contribution in [0.3, 0.4) is 0 Å². The van der Waals surface area contributed by atoms with Crippen LogP contribution in [0.4, 0.5) is 0 Å². The van der Waals surface area contributed by atoms with E-state index in [2.05, 4.69) is 0 Å². The summed E-state index contributed by atoms with van der Waals surface area (Å²) in [4.78, 5) is 22.5. The molecule has 0 aromatic carbocycles. The van der Waals surface area contributed by atoms with Gasteiger partial charge in [0.15, 0.2) is 0 Å². The number of hydrogen-bond donors (Lipinski definition) is 2. The Kier molecular flexibility index (Phi) is 4.10. The molecule has 0 amide bonds. The highest BCUT2D eigenvalue weighted by Gasteiger charge is 2.43. The topological polar surface area (TPSA) is 74.6 Å². The van der Waals surface area contributed by atoms with Gasteiger partial charge in [0.25, 0.3) is 0 Å². The first kappa shape index (κ1) is 13.5. The number of rotatable bonds is 5. The number of aliphatic carboxylic acids is 2. The third kappa shape index (κ3) is 2.57. The molecule has 2 unspecified atom stereocenters. The fraction of sp³-hybridized carbons (Fsp3) is 0.538. The van der Waals surface area contributed by atoms with Crippen molar-refractivity contribution in [2.24, 2.45) is 11.3 Å². The number of hydrogen-bond acceptors (Lipinski definition) is 2. The highest BCUT2D eigenvalue weighted by Crippen LogP contribution is 2.41. The fourth-order valence-corrected chi connectivity index (χ4v) is 2.21. The van der Waals surface area contributed by atoms with Gasteiger partial charge in [-0.3, -0.25) is 4.79 Å². The van der Waals surface area contributed by atoms with E-state index >= 15 is 0 Å². The molecule has 0 bridgehead atoms. The quantitative estimate of drug-likeness (QED) is 0.771. The van der Waals surface area contributed by atoms with Crippen LogP contribution in [0.2, 0.25) is 0 Å². The Bertz CT molecular complexity index is 381. The minimum atomic E-state index is -1.11. The summed E-state index contributed by atoms with van der Waals surface area (Å²) in [5.74, 6) is -2.45. The van der Waals surface area contributed by atoms with Gasteiger partial charge < -0.3 is 10.2 Å². The number of carbonyl (C=O) groups is 2. The van der Waals surface area contributed by atoms with Crippen molar-refractivity contribution in [1.82, 2.24) is 0 Å². The van der Waals surface area contributed by atoms with Gasteiger partial charge in [0, 0.05) is 11.5 Å². The van der Waals surface area contributed by atoms with E-state index < -0.39 is 23.3 Å². The highest BCUT2D eigenvalue weighted by molar-refractivity contribution is 5.91. The van der Waals surface area contributed by atoms with Crippen molar-refractivity contribution in [3.05, 3.63) is 23.8 Å². The van der Waals surface area contributed by atoms with Crippen molar-refractivity contribution >= 4 is 11.9 Å². The van der Waals surface area contributed by atoms with Gasteiger partial charge in [-0.05, 0) is 13.3 Å². The maximum Gasteiger partial charge on any atom is 0.331 e. The van der Waals surface area contributed by atoms with Gasteiger partial charge in [-0.2, -0.15) is 0 Å². The summed E-state index contributed by atoms with van der Waals surface area (Å²) in [6.07, 6.45) is 6.95. The van der Waals surface area contributed by atoms with E-state index in [4.69, 9.17) is 5.11 Å². The van der Waals surface area contributed by atoms with E-state index in [0.29, 0.717) is 6.42 Å². The molecule has 4 heteroatoms. The molecular formula is C13H18O4. The molecule has 2 atom stereocenters. The Morgan fingerprint density at radius 1 is 1.41 bits per heavy atom. The Hall–Kier alpha value is -1.58. The lowest BCUT2D eigenvalue weighted by molar-refractivity contribution is -0.148. The van der Waals surface area contributed by atoms with Crippen LogP contribution in [0.15, 0.2) is 23.8 Å². The van der Waals surface area contributed by atoms with Gasteiger partial charge in [0.05, 0.1) is 5.41 Å². The number of unbranched alkanes of at least 4 members (excludes halogenated alkanes) is 1. The zero-order chi connectivity index (χ0) is 13.1. The molecule has 0 aromatic heterocycles. The first-order valence-corrected chi connectivity index (χ1v) is 5.79. The molecule has 2 N–H and O–H groups in total. The second-order valence-corrected chi connectivity index (χ2v) is 4.57. The summed E-state index contributed by atoms with van der Waals surface area (Å²) in [7, 11) is 0. The lowest BCUT2D eigenvalue weighted by Crippen LogP contribution is -2.38. The van der Waals surface area contributed by atoms with Crippen molar-refractivity contribution < 1.29 is 19.8 Å². The molecule has 1 aliphatic rings. The van der Waals surface area contributed by atoms with Crippen molar-refractivity contribution in [1.29, 1.82) is 0 Å². The van der Waals surface area contributed by atoms with Gasteiger partial charge in [0.1, 0.15) is 0 Å². The molecule has 1 aliphatic carbocycles. The number of carboxylic acids is 2. The summed E-state index contributed by atoms with van der Waals surface area (Å²) in [6.45, 7) is 3.59. The van der Waals surface area contributed by atoms with Crippen LogP contribution in [0.25, 0.3) is 0 Å². The van der Waals surface area contributed by atoms with Crippen LogP contribution in [0.5, 0.6) is 0 Å². The lowest BCUT2D eigenvalue weighted by Gasteiger charge is -2.34. The summed E-state index contributed by atoms with van der Waals surface area (Å²) in [5, 5.41) is 18.4. The minimum absolute atomic E-state index is 0.200. The molecule has 0 radical (unpaired) electrons. The Morgan fingerprint density at radius 2 is 2.06 bits per heavy atom. The standard InChI is InChI=1S/C13H18O4/c1-3-4-7-10-9(11(14)15)6-5-8-13(10,2)12(16)17/h5-6,8,10H,3-4,7H2,1-2H3,(H,14,15)(H,16,17). The number of carboxylic acid groups (broad SMARTS) is 2. The largest absolute Gasteiger partial charge is 0.481 e. The predicted octanol–water partition coefficient (Wildman–Crippen LogP) is 2.46. The summed E-state index contributed by atoms with van der Waals surface area (Å²) in [6, 6.07) is 0. The zero-order valence-electron chi connectivity index (χ0n) is 10.1. The molecule has 0 fully saturated rings. The van der Waals surface area contributed by atoms with Gasteiger partial charge in [-0.1, -0.05) is 38.0 Å². The Balaban J connectivity index is 3.08. The van der Waals surface area contributed by atoms with Crippen molar-refractivity contribution in [2.75, 3.05) is 0 Å². The molecule has 1 rings (SSSR count). The van der Waals surface area contributed by atoms with E-state index in [1.165, 1.54) is 12.2 Å². The zero-order valence-corrected chi connectivity index (χ0v) is 10.1. The van der Waals surface area contributed by atoms with Crippen molar-refractivity contribution in [3.63, 3.8) is 0 Å². The molecule has 0 aromatic rings. The summed E-state index contributed by atoms with van der Waals surface area (Å²) in [5.41, 5.74) is -0.914. The van der Waals surface area contributed by atoms with E-state index in [-0.39, 0.29) is 5.57 Å². The average molecular weight is 238 g/mol. The first-order valence-electron chi connectivity index (χ1n) is 5.79. The molecular weight excluding hydrogens is 220 g/mol. The monoisotopic (exact) mass is 238 g/mol. The van der Waals surface area contributed by atoms with Crippen LogP contribution in [0.1, 0.15) is 33.1 Å². The molecule has 94 valence electrons. The normalized spacial score (nSPS) is 27.6. The molecule has 17 heavy (non-hydrogen) atoms. The van der Waals surface area contributed by atoms with Gasteiger partial charge >= 0.3 is 11.9 Å². The van der Waals surface area contributed by atoms with Gasteiger partial charge in [0.2, 0.25) is 0 Å². The Labute approximate surface area is 101 Å². The fourth-order valence-electron chi connectivity index (χ4n) is 2.21.